The van der Waals surface area contributed by atoms with Crippen molar-refractivity contribution in [1.29, 1.82) is 0 Å². The van der Waals surface area contributed by atoms with Gasteiger partial charge in [-0.2, -0.15) is 0 Å². The predicted octanol–water partition coefficient (Wildman–Crippen LogP) is 4.61. The second-order valence-corrected chi connectivity index (χ2v) is 6.92. The Morgan fingerprint density at radius 2 is 1.60 bits per heavy atom. The van der Waals surface area contributed by atoms with Gasteiger partial charge in [-0.15, -0.1) is 0 Å². The summed E-state index contributed by atoms with van der Waals surface area (Å²) in [6.07, 6.45) is 0. The molecule has 0 fully saturated rings. The summed E-state index contributed by atoms with van der Waals surface area (Å²) in [6.45, 7) is 11.4. The Morgan fingerprint density at radius 1 is 1.05 bits per heavy atom. The first-order chi connectivity index (χ1) is 9.36. The molecule has 1 rings (SSSR count). The van der Waals surface area contributed by atoms with Crippen LogP contribution in [0.1, 0.15) is 39.3 Å². The molecule has 1 aromatic rings. The molecular weight excluding hydrogens is 291 g/mol. The summed E-state index contributed by atoms with van der Waals surface area (Å²) in [5, 5.41) is 1.22. The second kappa shape index (κ2) is 8.23. The normalized spacial score (nSPS) is 13.5. The van der Waals surface area contributed by atoms with Gasteiger partial charge in [0.15, 0.2) is 0 Å². The van der Waals surface area contributed by atoms with E-state index in [1.54, 1.807) is 0 Å². The maximum atomic E-state index is 6.37. The van der Waals surface area contributed by atoms with Crippen LogP contribution in [0.5, 0.6) is 0 Å². The van der Waals surface area contributed by atoms with E-state index in [0.717, 1.165) is 18.7 Å². The Morgan fingerprint density at radius 3 is 2.05 bits per heavy atom. The Hall–Kier alpha value is -0.280. The van der Waals surface area contributed by atoms with Gasteiger partial charge >= 0.3 is 0 Å². The summed E-state index contributed by atoms with van der Waals surface area (Å²) in [4.78, 5) is 2.42. The van der Waals surface area contributed by atoms with Crippen LogP contribution in [0.15, 0.2) is 18.2 Å². The third-order valence-corrected chi connectivity index (χ3v) is 4.04. The predicted molar refractivity (Wildman–Crippen MR) is 89.5 cm³/mol. The standard InChI is InChI=1S/C16H26Cl2N2/c1-11(2)9-20(10-12(3)4)15(8-19)13-6-5-7-14(17)16(13)18/h5-7,11-12,15H,8-10,19H2,1-4H3. The van der Waals surface area contributed by atoms with E-state index in [0.29, 0.717) is 28.4 Å². The first-order valence-corrected chi connectivity index (χ1v) is 8.00. The average Bonchev–Trinajstić information content (AvgIpc) is 2.33. The van der Waals surface area contributed by atoms with Crippen LogP contribution in [-0.2, 0) is 0 Å². The topological polar surface area (TPSA) is 29.3 Å². The highest BCUT2D eigenvalue weighted by Crippen LogP contribution is 2.33. The Labute approximate surface area is 133 Å². The van der Waals surface area contributed by atoms with E-state index in [4.69, 9.17) is 28.9 Å². The lowest BCUT2D eigenvalue weighted by atomic mass is 10.0. The van der Waals surface area contributed by atoms with E-state index < -0.39 is 0 Å². The molecule has 114 valence electrons. The average molecular weight is 317 g/mol. The molecule has 0 bridgehead atoms. The number of nitrogens with two attached hydrogens (primary N) is 1. The van der Waals surface area contributed by atoms with E-state index >= 15 is 0 Å². The third-order valence-electron chi connectivity index (χ3n) is 3.20. The molecule has 1 unspecified atom stereocenters. The monoisotopic (exact) mass is 316 g/mol. The van der Waals surface area contributed by atoms with Crippen LogP contribution in [0.25, 0.3) is 0 Å². The smallest absolute Gasteiger partial charge is 0.0640 e. The quantitative estimate of drug-likeness (QED) is 0.796. The summed E-state index contributed by atoms with van der Waals surface area (Å²) in [6, 6.07) is 5.90. The maximum Gasteiger partial charge on any atom is 0.0640 e. The first-order valence-electron chi connectivity index (χ1n) is 7.24. The lowest BCUT2D eigenvalue weighted by Gasteiger charge is -2.34. The zero-order chi connectivity index (χ0) is 15.3. The number of hydrogen-bond acceptors (Lipinski definition) is 2. The van der Waals surface area contributed by atoms with Crippen molar-refractivity contribution in [2.75, 3.05) is 19.6 Å². The van der Waals surface area contributed by atoms with Gasteiger partial charge < -0.3 is 5.73 Å². The van der Waals surface area contributed by atoms with Crippen LogP contribution in [0.2, 0.25) is 10.0 Å². The van der Waals surface area contributed by atoms with Crippen molar-refractivity contribution in [3.05, 3.63) is 33.8 Å². The molecule has 20 heavy (non-hydrogen) atoms. The Bertz CT molecular complexity index is 409. The third kappa shape index (κ3) is 4.92. The van der Waals surface area contributed by atoms with Crippen molar-refractivity contribution in [3.8, 4) is 0 Å². The minimum absolute atomic E-state index is 0.117. The van der Waals surface area contributed by atoms with Gasteiger partial charge in [-0.1, -0.05) is 63.0 Å². The molecule has 0 spiro atoms. The summed E-state index contributed by atoms with van der Waals surface area (Å²) in [7, 11) is 0. The van der Waals surface area contributed by atoms with Crippen molar-refractivity contribution < 1.29 is 0 Å². The highest BCUT2D eigenvalue weighted by molar-refractivity contribution is 6.42. The number of benzene rings is 1. The SMILES string of the molecule is CC(C)CN(CC(C)C)C(CN)c1cccc(Cl)c1Cl. The molecule has 0 heterocycles. The van der Waals surface area contributed by atoms with Crippen molar-refractivity contribution in [1.82, 2.24) is 4.90 Å². The number of nitrogens with zero attached hydrogens (tertiary/aromatic N) is 1. The molecule has 0 saturated heterocycles. The number of rotatable bonds is 7. The fraction of sp³-hybridized carbons (Fsp3) is 0.625. The van der Waals surface area contributed by atoms with Crippen LogP contribution in [-0.4, -0.2) is 24.5 Å². The molecule has 0 radical (unpaired) electrons. The van der Waals surface area contributed by atoms with Gasteiger partial charge in [-0.3, -0.25) is 4.90 Å². The maximum absolute atomic E-state index is 6.37. The van der Waals surface area contributed by atoms with Gasteiger partial charge in [0, 0.05) is 25.7 Å². The van der Waals surface area contributed by atoms with Crippen LogP contribution < -0.4 is 5.73 Å². The molecule has 0 aromatic heterocycles. The van der Waals surface area contributed by atoms with Gasteiger partial charge in [-0.25, -0.2) is 0 Å². The van der Waals surface area contributed by atoms with Gasteiger partial charge in [0.1, 0.15) is 0 Å². The van der Waals surface area contributed by atoms with Crippen molar-refractivity contribution in [2.45, 2.75) is 33.7 Å². The molecule has 2 N–H and O–H groups in total. The molecule has 0 aliphatic heterocycles. The largest absolute Gasteiger partial charge is 0.329 e. The summed E-state index contributed by atoms with van der Waals surface area (Å²) >= 11 is 12.5. The second-order valence-electron chi connectivity index (χ2n) is 6.14. The summed E-state index contributed by atoms with van der Waals surface area (Å²) in [5.74, 6) is 1.17. The van der Waals surface area contributed by atoms with E-state index in [2.05, 4.69) is 32.6 Å². The van der Waals surface area contributed by atoms with E-state index in [1.807, 2.05) is 18.2 Å². The number of hydrogen-bond donors (Lipinski definition) is 1. The van der Waals surface area contributed by atoms with Crippen molar-refractivity contribution in [2.24, 2.45) is 17.6 Å². The van der Waals surface area contributed by atoms with E-state index in [-0.39, 0.29) is 6.04 Å². The molecule has 2 nitrogen and oxygen atoms in total. The summed E-state index contributed by atoms with van der Waals surface area (Å²) in [5.41, 5.74) is 7.06. The Balaban J connectivity index is 3.08. The highest BCUT2D eigenvalue weighted by atomic mass is 35.5. The van der Waals surface area contributed by atoms with Crippen molar-refractivity contribution in [3.63, 3.8) is 0 Å². The van der Waals surface area contributed by atoms with Gasteiger partial charge in [0.05, 0.1) is 10.0 Å². The molecule has 0 aliphatic rings. The fourth-order valence-corrected chi connectivity index (χ4v) is 2.95. The van der Waals surface area contributed by atoms with Crippen LogP contribution in [0.3, 0.4) is 0 Å². The lowest BCUT2D eigenvalue weighted by molar-refractivity contribution is 0.160. The van der Waals surface area contributed by atoms with Crippen LogP contribution in [0, 0.1) is 11.8 Å². The van der Waals surface area contributed by atoms with Gasteiger partial charge in [0.2, 0.25) is 0 Å². The lowest BCUT2D eigenvalue weighted by Crippen LogP contribution is -2.38. The van der Waals surface area contributed by atoms with Gasteiger partial charge in [0.25, 0.3) is 0 Å². The molecule has 0 amide bonds. The molecule has 1 aromatic carbocycles. The Kier molecular flexibility index (Phi) is 7.32. The fourth-order valence-electron chi connectivity index (χ4n) is 2.52. The molecule has 0 aliphatic carbocycles. The zero-order valence-corrected chi connectivity index (χ0v) is 14.4. The minimum Gasteiger partial charge on any atom is -0.329 e. The van der Waals surface area contributed by atoms with E-state index in [1.165, 1.54) is 0 Å². The first kappa shape index (κ1) is 17.8. The van der Waals surface area contributed by atoms with Gasteiger partial charge in [-0.05, 0) is 23.5 Å². The molecule has 0 saturated carbocycles. The molecule has 4 heteroatoms. The zero-order valence-electron chi connectivity index (χ0n) is 12.9. The van der Waals surface area contributed by atoms with Crippen LogP contribution in [0.4, 0.5) is 0 Å². The van der Waals surface area contributed by atoms with E-state index in [9.17, 15) is 0 Å². The molecular formula is C16H26Cl2N2. The number of halogens is 2. The van der Waals surface area contributed by atoms with Crippen molar-refractivity contribution >= 4 is 23.2 Å². The summed E-state index contributed by atoms with van der Waals surface area (Å²) < 4.78 is 0. The minimum atomic E-state index is 0.117. The molecule has 1 atom stereocenters. The van der Waals surface area contributed by atoms with Crippen LogP contribution >= 0.6 is 23.2 Å². The highest BCUT2D eigenvalue weighted by Gasteiger charge is 2.23.